The van der Waals surface area contributed by atoms with Gasteiger partial charge in [-0.1, -0.05) is 24.3 Å². The van der Waals surface area contributed by atoms with E-state index in [9.17, 15) is 0 Å². The Kier molecular flexibility index (Phi) is 3.16. The summed E-state index contributed by atoms with van der Waals surface area (Å²) in [6.45, 7) is 1.98. The minimum Gasteiger partial charge on any atom is -0.312 e. The molecule has 0 amide bonds. The van der Waals surface area contributed by atoms with E-state index in [4.69, 9.17) is 4.98 Å². The third-order valence-electron chi connectivity index (χ3n) is 4.17. The highest BCUT2D eigenvalue weighted by Crippen LogP contribution is 2.18. The predicted molar refractivity (Wildman–Crippen MR) is 83.1 cm³/mol. The second-order valence-electron chi connectivity index (χ2n) is 5.55. The summed E-state index contributed by atoms with van der Waals surface area (Å²) in [5, 5.41) is 12.3. The van der Waals surface area contributed by atoms with Crippen LogP contribution in [0.5, 0.6) is 0 Å². The summed E-state index contributed by atoms with van der Waals surface area (Å²) in [5.41, 5.74) is 6.05. The highest BCUT2D eigenvalue weighted by Gasteiger charge is 2.16. The fraction of sp³-hybridized carbons (Fsp3) is 0.294. The maximum Gasteiger partial charge on any atom is 0.0705 e. The number of rotatable bonds is 3. The Morgan fingerprint density at radius 2 is 2.00 bits per heavy atom. The number of pyridine rings is 1. The lowest BCUT2D eigenvalue weighted by molar-refractivity contribution is 0.633. The van der Waals surface area contributed by atoms with Crippen LogP contribution in [0.2, 0.25) is 0 Å². The summed E-state index contributed by atoms with van der Waals surface area (Å²) < 4.78 is 0. The van der Waals surface area contributed by atoms with Crippen LogP contribution in [0, 0.1) is 0 Å². The van der Waals surface area contributed by atoms with Gasteiger partial charge in [-0.2, -0.15) is 5.10 Å². The Hall–Kier alpha value is -2.20. The Morgan fingerprint density at radius 1 is 1.05 bits per heavy atom. The molecule has 0 bridgehead atoms. The Balaban J connectivity index is 1.54. The first-order chi connectivity index (χ1) is 10.4. The van der Waals surface area contributed by atoms with Gasteiger partial charge in [0.05, 0.1) is 11.2 Å². The van der Waals surface area contributed by atoms with Crippen LogP contribution >= 0.6 is 0 Å². The second kappa shape index (κ2) is 5.30. The van der Waals surface area contributed by atoms with E-state index in [2.05, 4.69) is 39.8 Å². The fourth-order valence-corrected chi connectivity index (χ4v) is 2.99. The molecule has 0 atom stereocenters. The number of hydrogen-bond donors (Lipinski definition) is 2. The van der Waals surface area contributed by atoms with Crippen LogP contribution < -0.4 is 5.32 Å². The minimum atomic E-state index is 0.933. The molecule has 106 valence electrons. The highest BCUT2D eigenvalue weighted by atomic mass is 15.1. The van der Waals surface area contributed by atoms with Crippen molar-refractivity contribution in [1.82, 2.24) is 20.5 Å². The lowest BCUT2D eigenvalue weighted by Crippen LogP contribution is -2.23. The SMILES string of the molecule is c1ccc2nc(CCc3n[nH]c4c3CNCC4)ccc2c1. The van der Waals surface area contributed by atoms with E-state index in [0.717, 1.165) is 43.6 Å². The van der Waals surface area contributed by atoms with Crippen LogP contribution in [-0.4, -0.2) is 21.7 Å². The van der Waals surface area contributed by atoms with Gasteiger partial charge in [-0.25, -0.2) is 0 Å². The number of nitrogens with one attached hydrogen (secondary N) is 2. The molecule has 0 radical (unpaired) electrons. The number of fused-ring (bicyclic) bond motifs is 2. The molecule has 3 aromatic rings. The van der Waals surface area contributed by atoms with Crippen LogP contribution in [0.25, 0.3) is 10.9 Å². The van der Waals surface area contributed by atoms with Crippen LogP contribution in [0.1, 0.15) is 22.6 Å². The molecule has 21 heavy (non-hydrogen) atoms. The fourth-order valence-electron chi connectivity index (χ4n) is 2.99. The van der Waals surface area contributed by atoms with Gasteiger partial charge < -0.3 is 5.32 Å². The molecule has 0 aliphatic carbocycles. The van der Waals surface area contributed by atoms with E-state index >= 15 is 0 Å². The van der Waals surface area contributed by atoms with Crippen molar-refractivity contribution in [2.24, 2.45) is 0 Å². The van der Waals surface area contributed by atoms with Gasteiger partial charge in [-0.05, 0) is 25.0 Å². The number of benzene rings is 1. The molecule has 1 aliphatic heterocycles. The van der Waals surface area contributed by atoms with Gasteiger partial charge in [-0.3, -0.25) is 10.1 Å². The number of H-pyrrole nitrogens is 1. The average molecular weight is 278 g/mol. The number of aromatic amines is 1. The van der Waals surface area contributed by atoms with Crippen molar-refractivity contribution in [1.29, 1.82) is 0 Å². The van der Waals surface area contributed by atoms with Crippen molar-refractivity contribution in [2.75, 3.05) is 6.54 Å². The molecule has 4 rings (SSSR count). The third kappa shape index (κ3) is 2.43. The lowest BCUT2D eigenvalue weighted by atomic mass is 10.0. The van der Waals surface area contributed by atoms with Gasteiger partial charge in [0.2, 0.25) is 0 Å². The number of hydrogen-bond acceptors (Lipinski definition) is 3. The summed E-state index contributed by atoms with van der Waals surface area (Å²) in [6, 6.07) is 12.5. The number of para-hydroxylation sites is 1. The number of nitrogens with zero attached hydrogens (tertiary/aromatic N) is 2. The van der Waals surface area contributed by atoms with Gasteiger partial charge in [0, 0.05) is 41.8 Å². The second-order valence-corrected chi connectivity index (χ2v) is 5.55. The molecule has 4 nitrogen and oxygen atoms in total. The van der Waals surface area contributed by atoms with E-state index in [-0.39, 0.29) is 0 Å². The van der Waals surface area contributed by atoms with Crippen molar-refractivity contribution < 1.29 is 0 Å². The Bertz CT molecular complexity index is 775. The lowest BCUT2D eigenvalue weighted by Gasteiger charge is -2.12. The van der Waals surface area contributed by atoms with Gasteiger partial charge in [0.15, 0.2) is 0 Å². The van der Waals surface area contributed by atoms with E-state index in [1.165, 1.54) is 22.3 Å². The normalized spacial score (nSPS) is 14.3. The van der Waals surface area contributed by atoms with Crippen molar-refractivity contribution in [3.8, 4) is 0 Å². The standard InChI is InChI=1S/C17H18N4/c1-2-4-15-12(3-1)5-6-13(19-15)7-8-16-14-11-18-10-9-17(14)21-20-16/h1-6,18H,7-11H2,(H,20,21). The molecule has 2 N–H and O–H groups in total. The maximum atomic E-state index is 4.73. The summed E-state index contributed by atoms with van der Waals surface area (Å²) >= 11 is 0. The summed E-state index contributed by atoms with van der Waals surface area (Å²) in [4.78, 5) is 4.73. The van der Waals surface area contributed by atoms with Gasteiger partial charge in [-0.15, -0.1) is 0 Å². The molecule has 3 heterocycles. The first-order valence-electron chi connectivity index (χ1n) is 7.50. The van der Waals surface area contributed by atoms with Crippen molar-refractivity contribution in [2.45, 2.75) is 25.8 Å². The van der Waals surface area contributed by atoms with Crippen LogP contribution in [0.15, 0.2) is 36.4 Å². The van der Waals surface area contributed by atoms with E-state index in [1.54, 1.807) is 0 Å². The zero-order valence-electron chi connectivity index (χ0n) is 11.9. The topological polar surface area (TPSA) is 53.6 Å². The molecule has 0 saturated heterocycles. The average Bonchev–Trinajstić information content (AvgIpc) is 2.96. The molecule has 4 heteroatoms. The number of aryl methyl sites for hydroxylation is 2. The molecule has 2 aromatic heterocycles. The van der Waals surface area contributed by atoms with E-state index < -0.39 is 0 Å². The van der Waals surface area contributed by atoms with Gasteiger partial charge in [0.25, 0.3) is 0 Å². The molecule has 0 unspecified atom stereocenters. The molecule has 0 saturated carbocycles. The summed E-state index contributed by atoms with van der Waals surface area (Å²) in [5.74, 6) is 0. The summed E-state index contributed by atoms with van der Waals surface area (Å²) in [6.07, 6.45) is 2.93. The smallest absolute Gasteiger partial charge is 0.0705 e. The highest BCUT2D eigenvalue weighted by molar-refractivity contribution is 5.78. The molecular weight excluding hydrogens is 260 g/mol. The van der Waals surface area contributed by atoms with Crippen LogP contribution in [-0.2, 0) is 25.8 Å². The Labute approximate surface area is 123 Å². The molecule has 1 aromatic carbocycles. The van der Waals surface area contributed by atoms with Crippen LogP contribution in [0.4, 0.5) is 0 Å². The quantitative estimate of drug-likeness (QED) is 0.773. The zero-order valence-corrected chi connectivity index (χ0v) is 11.9. The molecular formula is C17H18N4. The largest absolute Gasteiger partial charge is 0.312 e. The van der Waals surface area contributed by atoms with E-state index in [0.29, 0.717) is 0 Å². The van der Waals surface area contributed by atoms with Gasteiger partial charge in [0.1, 0.15) is 0 Å². The first kappa shape index (κ1) is 12.5. The predicted octanol–water partition coefficient (Wildman–Crippen LogP) is 2.39. The Morgan fingerprint density at radius 3 is 3.00 bits per heavy atom. The maximum absolute atomic E-state index is 4.73. The minimum absolute atomic E-state index is 0.933. The van der Waals surface area contributed by atoms with E-state index in [1.807, 2.05) is 12.1 Å². The number of aromatic nitrogens is 3. The molecule has 1 aliphatic rings. The van der Waals surface area contributed by atoms with Crippen molar-refractivity contribution in [3.63, 3.8) is 0 Å². The van der Waals surface area contributed by atoms with Crippen LogP contribution in [0.3, 0.4) is 0 Å². The van der Waals surface area contributed by atoms with Gasteiger partial charge >= 0.3 is 0 Å². The zero-order chi connectivity index (χ0) is 14.1. The van der Waals surface area contributed by atoms with Crippen molar-refractivity contribution >= 4 is 10.9 Å². The summed E-state index contributed by atoms with van der Waals surface area (Å²) in [7, 11) is 0. The van der Waals surface area contributed by atoms with Crippen molar-refractivity contribution in [3.05, 3.63) is 59.0 Å². The first-order valence-corrected chi connectivity index (χ1v) is 7.50. The molecule has 0 fully saturated rings. The molecule has 0 spiro atoms. The monoisotopic (exact) mass is 278 g/mol. The third-order valence-corrected chi connectivity index (χ3v) is 4.17.